The van der Waals surface area contributed by atoms with Gasteiger partial charge in [-0.1, -0.05) is 5.92 Å². The number of esters is 1. The Balaban J connectivity index is 1.49. The first-order valence-electron chi connectivity index (χ1n) is 11.4. The Morgan fingerprint density at radius 1 is 1.29 bits per heavy atom. The van der Waals surface area contributed by atoms with Crippen LogP contribution < -0.4 is 11.1 Å². The fraction of sp³-hybridized carbons (Fsp3) is 0.591. The van der Waals surface area contributed by atoms with E-state index in [0.29, 0.717) is 13.1 Å². The molecule has 2 saturated heterocycles. The predicted octanol–water partition coefficient (Wildman–Crippen LogP) is -1.60. The van der Waals surface area contributed by atoms with Crippen LogP contribution >= 0.6 is 0 Å². The van der Waals surface area contributed by atoms with E-state index in [4.69, 9.17) is 15.2 Å². The molecule has 13 heteroatoms. The highest BCUT2D eigenvalue weighted by Gasteiger charge is 2.47. The largest absolute Gasteiger partial charge is 0.469 e. The van der Waals surface area contributed by atoms with Crippen molar-refractivity contribution in [2.24, 2.45) is 5.92 Å². The summed E-state index contributed by atoms with van der Waals surface area (Å²) in [4.78, 5) is 38.8. The quantitative estimate of drug-likeness (QED) is 0.282. The van der Waals surface area contributed by atoms with Crippen LogP contribution in [0.5, 0.6) is 0 Å². The second kappa shape index (κ2) is 10.5. The molecule has 0 aromatic carbocycles. The summed E-state index contributed by atoms with van der Waals surface area (Å²) in [6, 6.07) is 0. The molecule has 4 heterocycles. The summed E-state index contributed by atoms with van der Waals surface area (Å²) < 4.78 is 11.9. The lowest BCUT2D eigenvalue weighted by Gasteiger charge is -2.28. The van der Waals surface area contributed by atoms with Crippen LogP contribution in [-0.2, 0) is 19.1 Å². The van der Waals surface area contributed by atoms with Crippen molar-refractivity contribution < 1.29 is 29.3 Å². The highest BCUT2D eigenvalue weighted by molar-refractivity contribution is 5.83. The van der Waals surface area contributed by atoms with Crippen LogP contribution in [0, 0.1) is 17.8 Å². The molecule has 2 aliphatic heterocycles. The maximum Gasteiger partial charge on any atom is 0.308 e. The van der Waals surface area contributed by atoms with Gasteiger partial charge in [-0.15, -0.1) is 0 Å². The van der Waals surface area contributed by atoms with Gasteiger partial charge in [-0.3, -0.25) is 19.1 Å². The number of nitrogen functional groups attached to an aromatic ring is 1. The number of hydrogen-bond donors (Lipinski definition) is 4. The lowest BCUT2D eigenvalue weighted by molar-refractivity contribution is -0.147. The number of likely N-dealkylation sites (tertiary alicyclic amines) is 1. The summed E-state index contributed by atoms with van der Waals surface area (Å²) in [6.45, 7) is 4.03. The van der Waals surface area contributed by atoms with Gasteiger partial charge in [-0.25, -0.2) is 15.0 Å². The van der Waals surface area contributed by atoms with Gasteiger partial charge in [0.25, 0.3) is 5.91 Å². The molecule has 1 amide bonds. The molecule has 4 rings (SSSR count). The van der Waals surface area contributed by atoms with E-state index in [0.717, 1.165) is 25.9 Å². The molecule has 2 fully saturated rings. The smallest absolute Gasteiger partial charge is 0.308 e. The molecule has 35 heavy (non-hydrogen) atoms. The Morgan fingerprint density at radius 3 is 2.71 bits per heavy atom. The van der Waals surface area contributed by atoms with Gasteiger partial charge in [0.05, 0.1) is 25.9 Å². The minimum atomic E-state index is -1.43. The van der Waals surface area contributed by atoms with E-state index >= 15 is 0 Å². The number of carbonyl (C=O) groups excluding carboxylic acids is 2. The van der Waals surface area contributed by atoms with E-state index in [1.54, 1.807) is 6.92 Å². The number of aliphatic hydroxyl groups excluding tert-OH is 2. The minimum Gasteiger partial charge on any atom is -0.469 e. The van der Waals surface area contributed by atoms with Crippen LogP contribution in [0.2, 0.25) is 0 Å². The molecule has 5 N–H and O–H groups in total. The number of rotatable bonds is 5. The van der Waals surface area contributed by atoms with Crippen molar-refractivity contribution in [1.82, 2.24) is 29.7 Å². The third-order valence-corrected chi connectivity index (χ3v) is 6.20. The van der Waals surface area contributed by atoms with Crippen LogP contribution in [0.15, 0.2) is 6.33 Å². The number of fused-ring (bicyclic) bond motifs is 1. The number of nitrogens with one attached hydrogen (secondary N) is 1. The highest BCUT2D eigenvalue weighted by Crippen LogP contribution is 2.32. The normalized spacial score (nSPS) is 25.3. The molecular weight excluding hydrogens is 458 g/mol. The zero-order valence-corrected chi connectivity index (χ0v) is 19.5. The summed E-state index contributed by atoms with van der Waals surface area (Å²) >= 11 is 0. The Labute approximate surface area is 201 Å². The molecular formula is C22H29N7O6. The maximum atomic E-state index is 12.2. The predicted molar refractivity (Wildman–Crippen MR) is 122 cm³/mol. The number of aliphatic hydroxyl groups is 2. The summed E-state index contributed by atoms with van der Waals surface area (Å²) in [7, 11) is 1.40. The average molecular weight is 488 g/mol. The molecule has 0 saturated carbocycles. The van der Waals surface area contributed by atoms with Gasteiger partial charge in [-0.05, 0) is 38.8 Å². The molecule has 2 aliphatic rings. The van der Waals surface area contributed by atoms with Crippen molar-refractivity contribution >= 4 is 28.9 Å². The summed E-state index contributed by atoms with van der Waals surface area (Å²) in [6.07, 6.45) is -2.36. The topological polar surface area (TPSA) is 178 Å². The Morgan fingerprint density at radius 2 is 2.03 bits per heavy atom. The van der Waals surface area contributed by atoms with E-state index in [2.05, 4.69) is 37.0 Å². The van der Waals surface area contributed by atoms with E-state index in [-0.39, 0.29) is 34.7 Å². The van der Waals surface area contributed by atoms with Crippen LogP contribution in [0.25, 0.3) is 11.2 Å². The zero-order valence-electron chi connectivity index (χ0n) is 19.5. The number of nitrogens with two attached hydrogens (primary N) is 1. The second-order valence-corrected chi connectivity index (χ2v) is 8.45. The van der Waals surface area contributed by atoms with Gasteiger partial charge in [0.15, 0.2) is 23.8 Å². The van der Waals surface area contributed by atoms with E-state index in [1.807, 2.05) is 0 Å². The molecule has 0 aliphatic carbocycles. The van der Waals surface area contributed by atoms with Crippen molar-refractivity contribution in [2.75, 3.05) is 39.0 Å². The first kappa shape index (κ1) is 24.8. The molecule has 13 nitrogen and oxygen atoms in total. The Hall–Kier alpha value is -3.31. The van der Waals surface area contributed by atoms with Gasteiger partial charge in [0.2, 0.25) is 5.82 Å². The Bertz CT molecular complexity index is 1150. The van der Waals surface area contributed by atoms with Crippen LogP contribution in [0.3, 0.4) is 0 Å². The standard InChI is InChI=1S/C22H29N7O6/c1-3-24-20(32)17-15(30)16(31)21(35-17)29-11-25-14-18(23)26-13(27-19(14)29)5-4-8-28-9-6-12(7-10-28)22(33)34-2/h11-12,15-17,21,30-31H,3,6-10H2,1-2H3,(H,24,32)(H2,23,26,27). The SMILES string of the molecule is CCNC(=O)C1OC(n2cnc3c(N)nc(C#CCN4CCC(C(=O)OC)CC4)nc32)C(O)C1O. The summed E-state index contributed by atoms with van der Waals surface area (Å²) in [5, 5.41) is 23.4. The third kappa shape index (κ3) is 5.06. The van der Waals surface area contributed by atoms with Crippen molar-refractivity contribution in [3.05, 3.63) is 12.2 Å². The lowest BCUT2D eigenvalue weighted by atomic mass is 9.97. The van der Waals surface area contributed by atoms with Crippen molar-refractivity contribution in [3.63, 3.8) is 0 Å². The van der Waals surface area contributed by atoms with Crippen LogP contribution in [0.4, 0.5) is 5.82 Å². The number of hydrogen-bond acceptors (Lipinski definition) is 11. The number of anilines is 1. The van der Waals surface area contributed by atoms with Crippen molar-refractivity contribution in [1.29, 1.82) is 0 Å². The molecule has 2 aromatic heterocycles. The molecule has 0 spiro atoms. The van der Waals surface area contributed by atoms with Gasteiger partial charge < -0.3 is 30.7 Å². The van der Waals surface area contributed by atoms with Crippen LogP contribution in [-0.4, -0.2) is 98.1 Å². The summed E-state index contributed by atoms with van der Waals surface area (Å²) in [5.74, 6) is 5.42. The molecule has 188 valence electrons. The Kier molecular flexibility index (Phi) is 7.46. The van der Waals surface area contributed by atoms with Crippen LogP contribution in [0.1, 0.15) is 31.8 Å². The number of likely N-dealkylation sites (N-methyl/N-ethyl adjacent to an activating group) is 1. The number of piperidine rings is 1. The molecule has 2 aromatic rings. The first-order chi connectivity index (χ1) is 16.8. The molecule has 4 unspecified atom stereocenters. The lowest BCUT2D eigenvalue weighted by Crippen LogP contribution is -2.42. The number of imidazole rings is 1. The van der Waals surface area contributed by atoms with E-state index in [9.17, 15) is 19.8 Å². The first-order valence-corrected chi connectivity index (χ1v) is 11.4. The van der Waals surface area contributed by atoms with Gasteiger partial charge in [-0.2, -0.15) is 0 Å². The molecule has 0 radical (unpaired) electrons. The zero-order chi connectivity index (χ0) is 25.1. The van der Waals surface area contributed by atoms with Gasteiger partial charge in [0.1, 0.15) is 17.7 Å². The third-order valence-electron chi connectivity index (χ3n) is 6.20. The second-order valence-electron chi connectivity index (χ2n) is 8.45. The average Bonchev–Trinajstić information content (AvgIpc) is 3.40. The van der Waals surface area contributed by atoms with Crippen molar-refractivity contribution in [2.45, 2.75) is 44.3 Å². The monoisotopic (exact) mass is 487 g/mol. The van der Waals surface area contributed by atoms with Gasteiger partial charge >= 0.3 is 5.97 Å². The fourth-order valence-corrected chi connectivity index (χ4v) is 4.29. The number of aromatic nitrogens is 4. The van der Waals surface area contributed by atoms with E-state index < -0.39 is 30.4 Å². The number of nitrogens with zero attached hydrogens (tertiary/aromatic N) is 5. The number of methoxy groups -OCH3 is 1. The van der Waals surface area contributed by atoms with E-state index in [1.165, 1.54) is 18.0 Å². The van der Waals surface area contributed by atoms with Gasteiger partial charge in [0, 0.05) is 6.54 Å². The number of carbonyl (C=O) groups is 2. The number of ether oxygens (including phenoxy) is 2. The summed E-state index contributed by atoms with van der Waals surface area (Å²) in [5.41, 5.74) is 6.59. The minimum absolute atomic E-state index is 0.0747. The highest BCUT2D eigenvalue weighted by atomic mass is 16.6. The molecule has 0 bridgehead atoms. The maximum absolute atomic E-state index is 12.2. The van der Waals surface area contributed by atoms with Crippen molar-refractivity contribution in [3.8, 4) is 11.8 Å². The number of amides is 1. The fourth-order valence-electron chi connectivity index (χ4n) is 4.29. The molecule has 4 atom stereocenters.